The van der Waals surface area contributed by atoms with Crippen molar-refractivity contribution in [2.75, 3.05) is 15.4 Å². The van der Waals surface area contributed by atoms with Gasteiger partial charge >= 0.3 is 0 Å². The molecule has 3 aromatic carbocycles. The Hall–Kier alpha value is -2.32. The van der Waals surface area contributed by atoms with Gasteiger partial charge in [-0.15, -0.1) is 0 Å². The Morgan fingerprint density at radius 3 is 2.14 bits per heavy atom. The second-order valence-corrected chi connectivity index (χ2v) is 9.01. The van der Waals surface area contributed by atoms with Gasteiger partial charge in [0.1, 0.15) is 0 Å². The van der Waals surface area contributed by atoms with E-state index in [0.717, 1.165) is 11.3 Å². The van der Waals surface area contributed by atoms with Crippen molar-refractivity contribution in [1.82, 2.24) is 0 Å². The average Bonchev–Trinajstić information content (AvgIpc) is 2.67. The first kappa shape index (κ1) is 21.4. The van der Waals surface area contributed by atoms with Crippen LogP contribution in [0, 0.1) is 6.92 Å². The summed E-state index contributed by atoms with van der Waals surface area (Å²) in [5.41, 5.74) is 2.63. The first-order valence-electron chi connectivity index (χ1n) is 8.47. The van der Waals surface area contributed by atoms with Crippen LogP contribution in [0.25, 0.3) is 0 Å². The van der Waals surface area contributed by atoms with Gasteiger partial charge in [0.05, 0.1) is 15.6 Å². The van der Waals surface area contributed by atoms with Crippen LogP contribution in [0.5, 0.6) is 0 Å². The molecule has 9 heteroatoms. The zero-order chi connectivity index (χ0) is 21.0. The van der Waals surface area contributed by atoms with E-state index in [4.69, 9.17) is 35.4 Å². The number of hydrogen-bond acceptors (Lipinski definition) is 3. The molecule has 0 aromatic heterocycles. The lowest BCUT2D eigenvalue weighted by atomic mass is 10.2. The van der Waals surface area contributed by atoms with Crippen LogP contribution in [-0.4, -0.2) is 13.5 Å². The smallest absolute Gasteiger partial charge is 0.261 e. The molecule has 3 rings (SSSR count). The summed E-state index contributed by atoms with van der Waals surface area (Å²) in [5.74, 6) is 0. The van der Waals surface area contributed by atoms with Gasteiger partial charge in [0.15, 0.2) is 5.11 Å². The van der Waals surface area contributed by atoms with Crippen molar-refractivity contribution in [3.05, 3.63) is 82.3 Å². The second kappa shape index (κ2) is 9.00. The van der Waals surface area contributed by atoms with Crippen molar-refractivity contribution in [3.8, 4) is 0 Å². The molecule has 3 aromatic rings. The Bertz CT molecular complexity index is 1150. The zero-order valence-corrected chi connectivity index (χ0v) is 18.4. The summed E-state index contributed by atoms with van der Waals surface area (Å²) in [7, 11) is -3.77. The average molecular weight is 466 g/mol. The lowest BCUT2D eigenvalue weighted by molar-refractivity contribution is 0.601. The fourth-order valence-corrected chi connectivity index (χ4v) is 4.21. The third-order valence-corrected chi connectivity index (χ3v) is 6.38. The third-order valence-electron chi connectivity index (χ3n) is 4.06. The maximum Gasteiger partial charge on any atom is 0.261 e. The van der Waals surface area contributed by atoms with Crippen LogP contribution in [0.1, 0.15) is 5.56 Å². The van der Waals surface area contributed by atoms with Crippen molar-refractivity contribution in [3.63, 3.8) is 0 Å². The minimum absolute atomic E-state index is 0.104. The molecule has 0 fully saturated rings. The van der Waals surface area contributed by atoms with E-state index in [0.29, 0.717) is 26.5 Å². The Labute approximate surface area is 185 Å². The summed E-state index contributed by atoms with van der Waals surface area (Å²) in [6.45, 7) is 1.89. The fraction of sp³-hybridized carbons (Fsp3) is 0.0500. The molecular weight excluding hydrogens is 449 g/mol. The summed E-state index contributed by atoms with van der Waals surface area (Å²) in [4.78, 5) is 0.104. The normalized spacial score (nSPS) is 11.0. The molecule has 0 unspecified atom stereocenters. The lowest BCUT2D eigenvalue weighted by Gasteiger charge is -2.14. The van der Waals surface area contributed by atoms with E-state index >= 15 is 0 Å². The van der Waals surface area contributed by atoms with E-state index < -0.39 is 10.0 Å². The molecule has 0 aliphatic carbocycles. The van der Waals surface area contributed by atoms with Gasteiger partial charge in [0.25, 0.3) is 10.0 Å². The number of rotatable bonds is 5. The molecule has 0 aliphatic rings. The Kier molecular flexibility index (Phi) is 6.64. The van der Waals surface area contributed by atoms with Crippen molar-refractivity contribution >= 4 is 67.6 Å². The number of anilines is 3. The van der Waals surface area contributed by atoms with Gasteiger partial charge in [-0.1, -0.05) is 41.4 Å². The van der Waals surface area contributed by atoms with E-state index in [2.05, 4.69) is 15.4 Å². The molecule has 5 nitrogen and oxygen atoms in total. The molecule has 3 N–H and O–H groups in total. The van der Waals surface area contributed by atoms with Gasteiger partial charge in [0, 0.05) is 16.4 Å². The van der Waals surface area contributed by atoms with Crippen LogP contribution < -0.4 is 15.4 Å². The maximum absolute atomic E-state index is 12.6. The largest absolute Gasteiger partial charge is 0.332 e. The quantitative estimate of drug-likeness (QED) is 0.408. The number of thiocarbonyl (C=S) groups is 1. The molecule has 29 heavy (non-hydrogen) atoms. The molecule has 0 atom stereocenters. The van der Waals surface area contributed by atoms with E-state index in [1.807, 2.05) is 19.1 Å². The van der Waals surface area contributed by atoms with Crippen molar-refractivity contribution < 1.29 is 8.42 Å². The number of nitrogens with one attached hydrogen (secondary N) is 3. The van der Waals surface area contributed by atoms with Crippen molar-refractivity contribution in [2.45, 2.75) is 11.8 Å². The van der Waals surface area contributed by atoms with E-state index in [-0.39, 0.29) is 4.90 Å². The number of hydrogen-bond donors (Lipinski definition) is 3. The fourth-order valence-electron chi connectivity index (χ4n) is 2.49. The number of sulfonamides is 1. The van der Waals surface area contributed by atoms with E-state index in [1.165, 1.54) is 12.1 Å². The standard InChI is InChI=1S/C20H17Cl2N3O2S2/c1-13-16(21)6-4-8-18(13)24-20(28)23-14-9-11-15(12-10-14)29(26,27)25-19-7-3-2-5-17(19)22/h2-12,25H,1H3,(H2,23,24,28). The summed E-state index contributed by atoms with van der Waals surface area (Å²) < 4.78 is 27.6. The topological polar surface area (TPSA) is 70.2 Å². The van der Waals surface area contributed by atoms with Crippen molar-refractivity contribution in [2.24, 2.45) is 0 Å². The molecule has 0 amide bonds. The van der Waals surface area contributed by atoms with Gasteiger partial charge in [-0.25, -0.2) is 8.42 Å². The Balaban J connectivity index is 1.69. The predicted octanol–water partition coefficient (Wildman–Crippen LogP) is 5.91. The van der Waals surface area contributed by atoms with Crippen LogP contribution in [0.4, 0.5) is 17.1 Å². The highest BCUT2D eigenvalue weighted by atomic mass is 35.5. The first-order chi connectivity index (χ1) is 13.8. The van der Waals surface area contributed by atoms with Crippen LogP contribution in [-0.2, 0) is 10.0 Å². The Morgan fingerprint density at radius 2 is 1.45 bits per heavy atom. The van der Waals surface area contributed by atoms with Gasteiger partial charge in [-0.2, -0.15) is 0 Å². The highest BCUT2D eigenvalue weighted by Gasteiger charge is 2.15. The molecule has 0 bridgehead atoms. The van der Waals surface area contributed by atoms with Crippen molar-refractivity contribution in [1.29, 1.82) is 0 Å². The SMILES string of the molecule is Cc1c(Cl)cccc1NC(=S)Nc1ccc(S(=O)(=O)Nc2ccccc2Cl)cc1. The zero-order valence-electron chi connectivity index (χ0n) is 15.2. The third kappa shape index (κ3) is 5.39. The Morgan fingerprint density at radius 1 is 0.828 bits per heavy atom. The van der Waals surface area contributed by atoms with E-state index in [1.54, 1.807) is 42.5 Å². The summed E-state index contributed by atoms with van der Waals surface area (Å²) in [6.07, 6.45) is 0. The summed E-state index contributed by atoms with van der Waals surface area (Å²) in [6, 6.07) is 18.3. The van der Waals surface area contributed by atoms with Gasteiger partial charge < -0.3 is 10.6 Å². The van der Waals surface area contributed by atoms with Crippen LogP contribution in [0.15, 0.2) is 71.6 Å². The molecule has 0 aliphatic heterocycles. The highest BCUT2D eigenvalue weighted by molar-refractivity contribution is 7.92. The second-order valence-electron chi connectivity index (χ2n) is 6.10. The van der Waals surface area contributed by atoms with Gasteiger partial charge in [-0.3, -0.25) is 4.72 Å². The minimum atomic E-state index is -3.77. The molecule has 0 heterocycles. The summed E-state index contributed by atoms with van der Waals surface area (Å²) >= 11 is 17.4. The van der Waals surface area contributed by atoms with Crippen LogP contribution in [0.2, 0.25) is 10.0 Å². The molecule has 0 saturated carbocycles. The number of para-hydroxylation sites is 1. The number of halogens is 2. The molecule has 0 spiro atoms. The monoisotopic (exact) mass is 465 g/mol. The molecule has 0 radical (unpaired) electrons. The molecule has 0 saturated heterocycles. The maximum atomic E-state index is 12.6. The van der Waals surface area contributed by atoms with Crippen LogP contribution in [0.3, 0.4) is 0 Å². The first-order valence-corrected chi connectivity index (χ1v) is 11.1. The predicted molar refractivity (Wildman–Crippen MR) is 125 cm³/mol. The van der Waals surface area contributed by atoms with Crippen LogP contribution >= 0.6 is 35.4 Å². The number of benzene rings is 3. The molecular formula is C20H17Cl2N3O2S2. The van der Waals surface area contributed by atoms with E-state index in [9.17, 15) is 8.42 Å². The lowest BCUT2D eigenvalue weighted by Crippen LogP contribution is -2.20. The highest BCUT2D eigenvalue weighted by Crippen LogP contribution is 2.25. The molecule has 150 valence electrons. The van der Waals surface area contributed by atoms with Gasteiger partial charge in [-0.05, 0) is 73.2 Å². The van der Waals surface area contributed by atoms with Gasteiger partial charge in [0.2, 0.25) is 0 Å². The minimum Gasteiger partial charge on any atom is -0.332 e. The summed E-state index contributed by atoms with van der Waals surface area (Å²) in [5, 5.41) is 7.41.